The molecule has 1 aromatic rings. The second kappa shape index (κ2) is 3.71. The molecule has 13 heavy (non-hydrogen) atoms. The van der Waals surface area contributed by atoms with E-state index in [1.807, 2.05) is 0 Å². The van der Waals surface area contributed by atoms with Gasteiger partial charge in [-0.25, -0.2) is 0 Å². The van der Waals surface area contributed by atoms with Crippen LogP contribution >= 0.6 is 0 Å². The standard InChI is InChI=1S/C12H15Ge/c1-10-8-13(9-11(10)2)12-6-4-3-5-7-12/h3-7H,8-9H2,1-2H3. The van der Waals surface area contributed by atoms with Gasteiger partial charge in [-0.3, -0.25) is 0 Å². The van der Waals surface area contributed by atoms with Gasteiger partial charge in [0.25, 0.3) is 0 Å². The molecular formula is C12H15Ge. The summed E-state index contributed by atoms with van der Waals surface area (Å²) in [5, 5.41) is 2.85. The van der Waals surface area contributed by atoms with Crippen molar-refractivity contribution in [2.24, 2.45) is 0 Å². The summed E-state index contributed by atoms with van der Waals surface area (Å²) < 4.78 is 1.67. The van der Waals surface area contributed by atoms with Crippen LogP contribution in [0.3, 0.4) is 0 Å². The van der Waals surface area contributed by atoms with E-state index in [1.165, 1.54) is 10.5 Å². The van der Waals surface area contributed by atoms with Gasteiger partial charge in [-0.1, -0.05) is 0 Å². The molecule has 0 fully saturated rings. The van der Waals surface area contributed by atoms with Crippen molar-refractivity contribution in [3.63, 3.8) is 0 Å². The minimum atomic E-state index is -0.905. The molecular weight excluding hydrogens is 217 g/mol. The Bertz CT molecular complexity index is 310. The van der Waals surface area contributed by atoms with Crippen molar-refractivity contribution >= 4 is 18.7 Å². The summed E-state index contributed by atoms with van der Waals surface area (Å²) in [4.78, 5) is 0. The van der Waals surface area contributed by atoms with Crippen molar-refractivity contribution in [3.05, 3.63) is 41.5 Å². The molecule has 1 radical (unpaired) electrons. The van der Waals surface area contributed by atoms with E-state index in [1.54, 1.807) is 15.5 Å². The normalized spacial score (nSPS) is 18.3. The molecule has 0 aromatic heterocycles. The van der Waals surface area contributed by atoms with Crippen LogP contribution in [0.15, 0.2) is 41.5 Å². The van der Waals surface area contributed by atoms with E-state index in [0.717, 1.165) is 0 Å². The Morgan fingerprint density at radius 2 is 1.46 bits per heavy atom. The predicted molar refractivity (Wildman–Crippen MR) is 59.8 cm³/mol. The van der Waals surface area contributed by atoms with Gasteiger partial charge in [-0.05, 0) is 0 Å². The molecule has 0 aliphatic carbocycles. The molecule has 1 aromatic carbocycles. The first-order valence-corrected chi connectivity index (χ1v) is 8.84. The van der Waals surface area contributed by atoms with Crippen LogP contribution in [0.1, 0.15) is 13.8 Å². The first kappa shape index (κ1) is 9.07. The summed E-state index contributed by atoms with van der Waals surface area (Å²) in [5.74, 6) is 0. The van der Waals surface area contributed by atoms with E-state index in [2.05, 4.69) is 44.2 Å². The van der Waals surface area contributed by atoms with E-state index in [0.29, 0.717) is 0 Å². The Kier molecular flexibility index (Phi) is 2.59. The molecule has 0 saturated heterocycles. The quantitative estimate of drug-likeness (QED) is 0.515. The molecule has 0 spiro atoms. The SMILES string of the molecule is CC1=C(C)[CH2][Ge]([c]2ccccc2)[CH2]1. The number of benzene rings is 1. The Morgan fingerprint density at radius 3 is 2.00 bits per heavy atom. The van der Waals surface area contributed by atoms with Crippen LogP contribution in [0, 0.1) is 0 Å². The van der Waals surface area contributed by atoms with Gasteiger partial charge in [-0.15, -0.1) is 0 Å². The van der Waals surface area contributed by atoms with Crippen LogP contribution in [0.4, 0.5) is 0 Å². The topological polar surface area (TPSA) is 0 Å². The molecule has 1 aliphatic heterocycles. The summed E-state index contributed by atoms with van der Waals surface area (Å²) in [6.07, 6.45) is 0. The third-order valence-electron chi connectivity index (χ3n) is 2.87. The molecule has 2 rings (SSSR count). The van der Waals surface area contributed by atoms with E-state index < -0.39 is 14.3 Å². The summed E-state index contributed by atoms with van der Waals surface area (Å²) >= 11 is -0.905. The molecule has 0 saturated carbocycles. The van der Waals surface area contributed by atoms with Crippen LogP contribution < -0.4 is 4.40 Å². The fraction of sp³-hybridized carbons (Fsp3) is 0.333. The molecule has 0 amide bonds. The monoisotopic (exact) mass is 233 g/mol. The molecule has 1 aliphatic rings. The average Bonchev–Trinajstić information content (AvgIpc) is 2.49. The van der Waals surface area contributed by atoms with Gasteiger partial charge < -0.3 is 0 Å². The Labute approximate surface area is 84.8 Å². The molecule has 0 N–H and O–H groups in total. The van der Waals surface area contributed by atoms with Gasteiger partial charge in [0, 0.05) is 0 Å². The molecule has 0 bridgehead atoms. The van der Waals surface area contributed by atoms with Gasteiger partial charge in [0.15, 0.2) is 0 Å². The third-order valence-corrected chi connectivity index (χ3v) is 9.30. The predicted octanol–water partition coefficient (Wildman–Crippen LogP) is 2.74. The van der Waals surface area contributed by atoms with E-state index >= 15 is 0 Å². The zero-order chi connectivity index (χ0) is 9.26. The Morgan fingerprint density at radius 1 is 0.923 bits per heavy atom. The van der Waals surface area contributed by atoms with Crippen LogP contribution in [-0.4, -0.2) is 14.3 Å². The van der Waals surface area contributed by atoms with Crippen molar-refractivity contribution in [1.29, 1.82) is 0 Å². The van der Waals surface area contributed by atoms with Crippen LogP contribution in [-0.2, 0) is 0 Å². The number of hydrogen-bond donors (Lipinski definition) is 0. The van der Waals surface area contributed by atoms with Gasteiger partial charge in [0.2, 0.25) is 0 Å². The maximum absolute atomic E-state index is 2.32. The molecule has 0 unspecified atom stereocenters. The van der Waals surface area contributed by atoms with Crippen LogP contribution in [0.25, 0.3) is 0 Å². The van der Waals surface area contributed by atoms with Gasteiger partial charge in [0.05, 0.1) is 0 Å². The second-order valence-corrected chi connectivity index (χ2v) is 9.11. The molecule has 67 valence electrons. The molecule has 0 nitrogen and oxygen atoms in total. The minimum absolute atomic E-state index is 0.905. The summed E-state index contributed by atoms with van der Waals surface area (Å²) in [7, 11) is 0. The van der Waals surface area contributed by atoms with Gasteiger partial charge in [0.1, 0.15) is 0 Å². The summed E-state index contributed by atoms with van der Waals surface area (Å²) in [5.41, 5.74) is 3.33. The first-order chi connectivity index (χ1) is 6.27. The summed E-state index contributed by atoms with van der Waals surface area (Å²) in [6, 6.07) is 11.1. The molecule has 0 atom stereocenters. The number of allylic oxidation sites excluding steroid dienone is 2. The zero-order valence-corrected chi connectivity index (χ0v) is 10.4. The summed E-state index contributed by atoms with van der Waals surface area (Å²) in [6.45, 7) is 4.61. The van der Waals surface area contributed by atoms with Gasteiger partial charge in [-0.2, -0.15) is 0 Å². The van der Waals surface area contributed by atoms with Crippen LogP contribution in [0.2, 0.25) is 10.5 Å². The number of rotatable bonds is 1. The van der Waals surface area contributed by atoms with Crippen molar-refractivity contribution in [2.45, 2.75) is 24.4 Å². The van der Waals surface area contributed by atoms with Crippen molar-refractivity contribution in [1.82, 2.24) is 0 Å². The van der Waals surface area contributed by atoms with Gasteiger partial charge >= 0.3 is 84.6 Å². The fourth-order valence-corrected chi connectivity index (χ4v) is 8.35. The Hall–Kier alpha value is -0.497. The van der Waals surface area contributed by atoms with E-state index in [4.69, 9.17) is 0 Å². The van der Waals surface area contributed by atoms with Crippen LogP contribution in [0.5, 0.6) is 0 Å². The van der Waals surface area contributed by atoms with Crippen molar-refractivity contribution in [2.75, 3.05) is 0 Å². The van der Waals surface area contributed by atoms with E-state index in [-0.39, 0.29) is 0 Å². The fourth-order valence-electron chi connectivity index (χ4n) is 1.88. The van der Waals surface area contributed by atoms with Crippen molar-refractivity contribution < 1.29 is 0 Å². The second-order valence-electron chi connectivity index (χ2n) is 3.88. The first-order valence-electron chi connectivity index (χ1n) is 4.82. The Balaban J connectivity index is 2.16. The number of hydrogen-bond acceptors (Lipinski definition) is 0. The molecule has 1 heterocycles. The maximum atomic E-state index is 2.32. The third kappa shape index (κ3) is 1.88. The van der Waals surface area contributed by atoms with E-state index in [9.17, 15) is 0 Å². The average molecular weight is 232 g/mol. The molecule has 1 heteroatoms. The van der Waals surface area contributed by atoms with Crippen molar-refractivity contribution in [3.8, 4) is 0 Å². The zero-order valence-electron chi connectivity index (χ0n) is 8.30.